The lowest BCUT2D eigenvalue weighted by atomic mass is 9.96. The molecular weight excluding hydrogens is 290 g/mol. The number of anilines is 1. The highest BCUT2D eigenvalue weighted by atomic mass is 32.2. The molecule has 1 aromatic rings. The van der Waals surface area contributed by atoms with Crippen molar-refractivity contribution in [1.29, 1.82) is 0 Å². The van der Waals surface area contributed by atoms with Gasteiger partial charge < -0.3 is 11.1 Å². The van der Waals surface area contributed by atoms with Crippen LogP contribution >= 0.6 is 0 Å². The van der Waals surface area contributed by atoms with Gasteiger partial charge in [0, 0.05) is 19.8 Å². The molecule has 1 aliphatic carbocycles. The van der Waals surface area contributed by atoms with Crippen LogP contribution in [0.25, 0.3) is 0 Å². The number of carbonyl (C=O) groups excluding carboxylic acids is 1. The largest absolute Gasteiger partial charge is 0.324 e. The van der Waals surface area contributed by atoms with Crippen LogP contribution in [-0.4, -0.2) is 38.3 Å². The van der Waals surface area contributed by atoms with Crippen molar-refractivity contribution in [2.75, 3.05) is 19.4 Å². The lowest BCUT2D eigenvalue weighted by molar-refractivity contribution is -0.121. The van der Waals surface area contributed by atoms with E-state index in [2.05, 4.69) is 5.32 Å². The van der Waals surface area contributed by atoms with E-state index in [-0.39, 0.29) is 16.7 Å². The van der Waals surface area contributed by atoms with Crippen LogP contribution in [0.1, 0.15) is 19.8 Å². The first-order valence-electron chi connectivity index (χ1n) is 6.78. The van der Waals surface area contributed by atoms with Crippen molar-refractivity contribution >= 4 is 21.6 Å². The van der Waals surface area contributed by atoms with E-state index < -0.39 is 15.6 Å². The molecule has 0 aliphatic heterocycles. The van der Waals surface area contributed by atoms with E-state index in [1.807, 2.05) is 0 Å². The van der Waals surface area contributed by atoms with Gasteiger partial charge in [-0.1, -0.05) is 0 Å². The fourth-order valence-electron chi connectivity index (χ4n) is 2.06. The van der Waals surface area contributed by atoms with Crippen LogP contribution in [0.2, 0.25) is 0 Å². The van der Waals surface area contributed by atoms with Crippen LogP contribution in [0.3, 0.4) is 0 Å². The number of rotatable bonds is 5. The van der Waals surface area contributed by atoms with Crippen LogP contribution in [0.15, 0.2) is 29.2 Å². The molecule has 0 spiro atoms. The monoisotopic (exact) mass is 311 g/mol. The molecule has 21 heavy (non-hydrogen) atoms. The van der Waals surface area contributed by atoms with Gasteiger partial charge in [0.05, 0.1) is 10.4 Å². The van der Waals surface area contributed by atoms with Gasteiger partial charge in [0.15, 0.2) is 0 Å². The summed E-state index contributed by atoms with van der Waals surface area (Å²) in [4.78, 5) is 12.3. The Morgan fingerprint density at radius 1 is 1.29 bits per heavy atom. The molecule has 3 N–H and O–H groups in total. The maximum absolute atomic E-state index is 12.1. The average molecular weight is 311 g/mol. The summed E-state index contributed by atoms with van der Waals surface area (Å²) in [5.41, 5.74) is 5.69. The van der Waals surface area contributed by atoms with Crippen molar-refractivity contribution < 1.29 is 13.2 Å². The molecule has 1 fully saturated rings. The van der Waals surface area contributed by atoms with E-state index in [9.17, 15) is 13.2 Å². The van der Waals surface area contributed by atoms with Crippen LogP contribution in [0.4, 0.5) is 5.69 Å². The van der Waals surface area contributed by atoms with Crippen LogP contribution in [0, 0.1) is 5.92 Å². The summed E-state index contributed by atoms with van der Waals surface area (Å²) in [6.45, 7) is 1.73. The summed E-state index contributed by atoms with van der Waals surface area (Å²) < 4.78 is 25.0. The van der Waals surface area contributed by atoms with Gasteiger partial charge >= 0.3 is 0 Å². The third-order valence-corrected chi connectivity index (χ3v) is 5.63. The number of benzene rings is 1. The molecule has 1 atom stereocenters. The van der Waals surface area contributed by atoms with E-state index >= 15 is 0 Å². The highest BCUT2D eigenvalue weighted by Gasteiger charge is 2.44. The summed E-state index contributed by atoms with van der Waals surface area (Å²) >= 11 is 0. The van der Waals surface area contributed by atoms with Gasteiger partial charge in [0.2, 0.25) is 15.9 Å². The summed E-state index contributed by atoms with van der Waals surface area (Å²) in [5, 5.41) is 2.74. The molecule has 1 aliphatic rings. The van der Waals surface area contributed by atoms with E-state index in [1.165, 1.54) is 26.2 Å². The number of amides is 1. The molecule has 1 saturated carbocycles. The molecule has 0 aromatic heterocycles. The van der Waals surface area contributed by atoms with Crippen LogP contribution < -0.4 is 11.1 Å². The second kappa shape index (κ2) is 5.40. The molecule has 1 amide bonds. The summed E-state index contributed by atoms with van der Waals surface area (Å²) in [5.74, 6) is -0.0147. The number of hydrogen-bond acceptors (Lipinski definition) is 4. The molecule has 1 unspecified atom stereocenters. The van der Waals surface area contributed by atoms with Gasteiger partial charge in [-0.25, -0.2) is 12.7 Å². The number of nitrogens with zero attached hydrogens (tertiary/aromatic N) is 1. The first-order valence-corrected chi connectivity index (χ1v) is 8.22. The van der Waals surface area contributed by atoms with E-state index in [0.29, 0.717) is 5.69 Å². The van der Waals surface area contributed by atoms with Gasteiger partial charge in [-0.2, -0.15) is 0 Å². The Kier molecular flexibility index (Phi) is 4.10. The normalized spacial score (nSPS) is 18.3. The zero-order chi connectivity index (χ0) is 15.8. The minimum Gasteiger partial charge on any atom is -0.324 e. The molecule has 1 aromatic carbocycles. The van der Waals surface area contributed by atoms with Crippen molar-refractivity contribution in [2.24, 2.45) is 11.7 Å². The molecule has 116 valence electrons. The predicted octanol–water partition coefficient (Wildman–Crippen LogP) is 1.00. The standard InChI is InChI=1S/C14H21N3O3S/c1-14(15,10-4-5-10)13(18)16-11-6-8-12(9-7-11)21(19,20)17(2)3/h6-10H,4-5,15H2,1-3H3,(H,16,18). The zero-order valence-electron chi connectivity index (χ0n) is 12.5. The second-order valence-corrected chi connectivity index (χ2v) is 7.97. The van der Waals surface area contributed by atoms with E-state index in [0.717, 1.165) is 17.1 Å². The Balaban J connectivity index is 2.11. The lowest BCUT2D eigenvalue weighted by Gasteiger charge is -2.23. The topological polar surface area (TPSA) is 92.5 Å². The maximum atomic E-state index is 12.1. The molecule has 0 heterocycles. The van der Waals surface area contributed by atoms with E-state index in [4.69, 9.17) is 5.73 Å². The van der Waals surface area contributed by atoms with Crippen molar-refractivity contribution in [1.82, 2.24) is 4.31 Å². The van der Waals surface area contributed by atoms with Crippen LogP contribution in [-0.2, 0) is 14.8 Å². The predicted molar refractivity (Wildman–Crippen MR) is 81.3 cm³/mol. The smallest absolute Gasteiger partial charge is 0.244 e. The minimum atomic E-state index is -3.46. The quantitative estimate of drug-likeness (QED) is 0.848. The number of nitrogens with one attached hydrogen (secondary N) is 1. The van der Waals surface area contributed by atoms with Gasteiger partial charge in [0.25, 0.3) is 0 Å². The average Bonchev–Trinajstić information content (AvgIpc) is 3.23. The van der Waals surface area contributed by atoms with Gasteiger partial charge in [-0.15, -0.1) is 0 Å². The SMILES string of the molecule is CN(C)S(=O)(=O)c1ccc(NC(=O)C(C)(N)C2CC2)cc1. The summed E-state index contributed by atoms with van der Waals surface area (Å²) in [7, 11) is -0.513. The Morgan fingerprint density at radius 3 is 2.24 bits per heavy atom. The summed E-state index contributed by atoms with van der Waals surface area (Å²) in [6.07, 6.45) is 1.95. The molecule has 0 radical (unpaired) electrons. The third kappa shape index (κ3) is 3.25. The van der Waals surface area contributed by atoms with Crippen molar-refractivity contribution in [2.45, 2.75) is 30.2 Å². The second-order valence-electron chi connectivity index (χ2n) is 5.82. The lowest BCUT2D eigenvalue weighted by Crippen LogP contribution is -2.50. The Hall–Kier alpha value is -1.44. The maximum Gasteiger partial charge on any atom is 0.244 e. The molecule has 2 rings (SSSR count). The Morgan fingerprint density at radius 2 is 1.81 bits per heavy atom. The number of nitrogens with two attached hydrogens (primary N) is 1. The Bertz CT molecular complexity index is 632. The van der Waals surface area contributed by atoms with Crippen molar-refractivity contribution in [3.8, 4) is 0 Å². The molecule has 7 heteroatoms. The summed E-state index contributed by atoms with van der Waals surface area (Å²) in [6, 6.07) is 6.07. The third-order valence-electron chi connectivity index (χ3n) is 3.81. The number of sulfonamides is 1. The first kappa shape index (κ1) is 15.9. The molecule has 6 nitrogen and oxygen atoms in total. The van der Waals surface area contributed by atoms with Gasteiger partial charge in [-0.05, 0) is 49.9 Å². The fourth-order valence-corrected chi connectivity index (χ4v) is 2.96. The molecule has 0 saturated heterocycles. The first-order chi connectivity index (χ1) is 9.65. The van der Waals surface area contributed by atoms with Gasteiger partial charge in [-0.3, -0.25) is 4.79 Å². The fraction of sp³-hybridized carbons (Fsp3) is 0.500. The van der Waals surface area contributed by atoms with Crippen LogP contribution in [0.5, 0.6) is 0 Å². The van der Waals surface area contributed by atoms with E-state index in [1.54, 1.807) is 19.1 Å². The van der Waals surface area contributed by atoms with Crippen molar-refractivity contribution in [3.63, 3.8) is 0 Å². The Labute approximate surface area is 125 Å². The zero-order valence-corrected chi connectivity index (χ0v) is 13.3. The minimum absolute atomic E-state index is 0.184. The van der Waals surface area contributed by atoms with Crippen molar-refractivity contribution in [3.05, 3.63) is 24.3 Å². The van der Waals surface area contributed by atoms with Gasteiger partial charge in [0.1, 0.15) is 0 Å². The molecular formula is C14H21N3O3S. The molecule has 0 bridgehead atoms. The number of hydrogen-bond donors (Lipinski definition) is 2. The highest BCUT2D eigenvalue weighted by molar-refractivity contribution is 7.89. The highest BCUT2D eigenvalue weighted by Crippen LogP contribution is 2.38. The number of carbonyl (C=O) groups is 1.